The molecule has 3 aromatic rings. The number of thiazole rings is 1. The number of thiophene rings is 1. The number of nitrogens with zero attached hydrogens (tertiary/aromatic N) is 1. The van der Waals surface area contributed by atoms with E-state index in [1.54, 1.807) is 17.4 Å². The number of hydrogen-bond acceptors (Lipinski definition) is 4. The second-order valence-electron chi connectivity index (χ2n) is 4.52. The van der Waals surface area contributed by atoms with Gasteiger partial charge in [0, 0.05) is 16.6 Å². The molecule has 3 rings (SSSR count). The Morgan fingerprint density at radius 3 is 2.73 bits per heavy atom. The van der Waals surface area contributed by atoms with Gasteiger partial charge in [0.2, 0.25) is 0 Å². The van der Waals surface area contributed by atoms with Gasteiger partial charge in [0.15, 0.2) is 0 Å². The number of nitrogens with one attached hydrogen (secondary N) is 1. The number of aromatic nitrogens is 1. The number of rotatable bonds is 3. The maximum atomic E-state index is 12.2. The lowest BCUT2D eigenvalue weighted by molar-refractivity contribution is 0.102. The van der Waals surface area contributed by atoms with Gasteiger partial charge in [-0.25, -0.2) is 4.98 Å². The van der Waals surface area contributed by atoms with Crippen molar-refractivity contribution < 1.29 is 4.79 Å². The normalized spacial score (nSPS) is 10.7. The summed E-state index contributed by atoms with van der Waals surface area (Å²) in [5, 5.41) is 5.83. The SMILES string of the molecule is Cc1nc(-c2cccc(NC(=O)c3cc(Cl)sc3Cl)c2)cs1. The van der Waals surface area contributed by atoms with E-state index in [0.29, 0.717) is 19.9 Å². The molecule has 1 N–H and O–H groups in total. The van der Waals surface area contributed by atoms with Gasteiger partial charge in [0.05, 0.1) is 20.6 Å². The quantitative estimate of drug-likeness (QED) is 0.640. The minimum atomic E-state index is -0.278. The first-order chi connectivity index (χ1) is 10.5. The molecule has 0 aliphatic heterocycles. The lowest BCUT2D eigenvalue weighted by atomic mass is 10.1. The van der Waals surface area contributed by atoms with Crippen molar-refractivity contribution in [2.45, 2.75) is 6.92 Å². The predicted octanol–water partition coefficient (Wildman–Crippen LogP) is 5.74. The number of benzene rings is 1. The van der Waals surface area contributed by atoms with Crippen LogP contribution in [0.1, 0.15) is 15.4 Å². The number of carbonyl (C=O) groups excluding carboxylic acids is 1. The van der Waals surface area contributed by atoms with Crippen molar-refractivity contribution in [3.8, 4) is 11.3 Å². The van der Waals surface area contributed by atoms with E-state index in [0.717, 1.165) is 16.3 Å². The van der Waals surface area contributed by atoms with Crippen LogP contribution in [0.3, 0.4) is 0 Å². The monoisotopic (exact) mass is 368 g/mol. The topological polar surface area (TPSA) is 42.0 Å². The van der Waals surface area contributed by atoms with Crippen LogP contribution in [0.2, 0.25) is 8.67 Å². The Morgan fingerprint density at radius 1 is 1.27 bits per heavy atom. The van der Waals surface area contributed by atoms with Crippen molar-refractivity contribution in [2.24, 2.45) is 0 Å². The predicted molar refractivity (Wildman–Crippen MR) is 94.6 cm³/mol. The van der Waals surface area contributed by atoms with Crippen LogP contribution < -0.4 is 5.32 Å². The summed E-state index contributed by atoms with van der Waals surface area (Å²) in [6, 6.07) is 9.11. The van der Waals surface area contributed by atoms with E-state index in [1.807, 2.05) is 36.6 Å². The molecule has 0 spiro atoms. The summed E-state index contributed by atoms with van der Waals surface area (Å²) >= 11 is 14.6. The van der Waals surface area contributed by atoms with Gasteiger partial charge in [-0.15, -0.1) is 22.7 Å². The molecule has 0 radical (unpaired) electrons. The highest BCUT2D eigenvalue weighted by Crippen LogP contribution is 2.32. The highest BCUT2D eigenvalue weighted by atomic mass is 35.5. The molecule has 1 aromatic carbocycles. The Balaban J connectivity index is 1.84. The average molecular weight is 369 g/mol. The van der Waals surface area contributed by atoms with Gasteiger partial charge in [0.25, 0.3) is 5.91 Å². The zero-order valence-electron chi connectivity index (χ0n) is 11.4. The zero-order valence-corrected chi connectivity index (χ0v) is 14.5. The molecule has 0 aliphatic rings. The van der Waals surface area contributed by atoms with Crippen LogP contribution in [0.25, 0.3) is 11.3 Å². The second kappa shape index (κ2) is 6.38. The molecule has 1 amide bonds. The highest BCUT2D eigenvalue weighted by Gasteiger charge is 2.14. The first-order valence-corrected chi connectivity index (χ1v) is 8.77. The molecule has 7 heteroatoms. The van der Waals surface area contributed by atoms with E-state index in [4.69, 9.17) is 23.2 Å². The maximum Gasteiger partial charge on any atom is 0.258 e. The van der Waals surface area contributed by atoms with Crippen LogP contribution in [0.4, 0.5) is 5.69 Å². The molecule has 0 unspecified atom stereocenters. The molecule has 2 heterocycles. The molecule has 0 aliphatic carbocycles. The maximum absolute atomic E-state index is 12.2. The van der Waals surface area contributed by atoms with Crippen molar-refractivity contribution in [1.29, 1.82) is 0 Å². The summed E-state index contributed by atoms with van der Waals surface area (Å²) < 4.78 is 0.871. The minimum Gasteiger partial charge on any atom is -0.322 e. The van der Waals surface area contributed by atoms with Gasteiger partial charge in [-0.3, -0.25) is 4.79 Å². The third-order valence-corrected chi connectivity index (χ3v) is 5.20. The molecule has 2 aromatic heterocycles. The Kier molecular flexibility index (Phi) is 4.49. The third kappa shape index (κ3) is 3.33. The standard InChI is InChI=1S/C15H10Cl2N2OS2/c1-8-18-12(7-21-8)9-3-2-4-10(5-9)19-15(20)11-6-13(16)22-14(11)17/h2-7H,1H3,(H,19,20). The van der Waals surface area contributed by atoms with Crippen LogP contribution in [-0.4, -0.2) is 10.9 Å². The van der Waals surface area contributed by atoms with E-state index in [2.05, 4.69) is 10.3 Å². The van der Waals surface area contributed by atoms with Gasteiger partial charge in [-0.2, -0.15) is 0 Å². The molecule has 0 bridgehead atoms. The van der Waals surface area contributed by atoms with Crippen LogP contribution in [-0.2, 0) is 0 Å². The Morgan fingerprint density at radius 2 is 2.09 bits per heavy atom. The number of halogens is 2. The van der Waals surface area contributed by atoms with E-state index >= 15 is 0 Å². The van der Waals surface area contributed by atoms with Gasteiger partial charge >= 0.3 is 0 Å². The zero-order chi connectivity index (χ0) is 15.7. The average Bonchev–Trinajstić information content (AvgIpc) is 3.05. The molecule has 0 atom stereocenters. The fourth-order valence-electron chi connectivity index (χ4n) is 1.95. The van der Waals surface area contributed by atoms with Crippen molar-refractivity contribution in [3.05, 3.63) is 55.0 Å². The van der Waals surface area contributed by atoms with Crippen LogP contribution in [0.5, 0.6) is 0 Å². The molecular formula is C15H10Cl2N2OS2. The Hall–Kier alpha value is -1.40. The summed E-state index contributed by atoms with van der Waals surface area (Å²) in [6.07, 6.45) is 0. The summed E-state index contributed by atoms with van der Waals surface area (Å²) in [7, 11) is 0. The van der Waals surface area contributed by atoms with Crippen LogP contribution in [0, 0.1) is 6.92 Å². The molecule has 0 saturated heterocycles. The van der Waals surface area contributed by atoms with Crippen molar-refractivity contribution in [2.75, 3.05) is 5.32 Å². The Labute approximate surface area is 145 Å². The fraction of sp³-hybridized carbons (Fsp3) is 0.0667. The number of hydrogen-bond donors (Lipinski definition) is 1. The van der Waals surface area contributed by atoms with Crippen molar-refractivity contribution in [1.82, 2.24) is 4.98 Å². The summed E-state index contributed by atoms with van der Waals surface area (Å²) in [6.45, 7) is 1.96. The van der Waals surface area contributed by atoms with E-state index in [1.165, 1.54) is 11.3 Å². The summed E-state index contributed by atoms with van der Waals surface area (Å²) in [4.78, 5) is 16.7. The number of anilines is 1. The summed E-state index contributed by atoms with van der Waals surface area (Å²) in [5.41, 5.74) is 2.92. The number of amides is 1. The number of aryl methyl sites for hydroxylation is 1. The van der Waals surface area contributed by atoms with Gasteiger partial charge < -0.3 is 5.32 Å². The van der Waals surface area contributed by atoms with Crippen LogP contribution >= 0.6 is 45.9 Å². The largest absolute Gasteiger partial charge is 0.322 e. The van der Waals surface area contributed by atoms with E-state index in [-0.39, 0.29) is 5.91 Å². The Bertz CT molecular complexity index is 842. The molecule has 3 nitrogen and oxygen atoms in total. The molecule has 0 fully saturated rings. The lowest BCUT2D eigenvalue weighted by Crippen LogP contribution is -2.11. The van der Waals surface area contributed by atoms with Gasteiger partial charge in [-0.05, 0) is 25.1 Å². The minimum absolute atomic E-state index is 0.278. The second-order valence-corrected chi connectivity index (χ2v) is 7.87. The van der Waals surface area contributed by atoms with Gasteiger partial charge in [0.1, 0.15) is 4.34 Å². The van der Waals surface area contributed by atoms with E-state index in [9.17, 15) is 4.79 Å². The van der Waals surface area contributed by atoms with Gasteiger partial charge in [-0.1, -0.05) is 35.3 Å². The van der Waals surface area contributed by atoms with E-state index < -0.39 is 0 Å². The fourth-order valence-corrected chi connectivity index (χ4v) is 4.03. The van der Waals surface area contributed by atoms with Crippen LogP contribution in [0.15, 0.2) is 35.7 Å². The van der Waals surface area contributed by atoms with Crippen molar-refractivity contribution in [3.63, 3.8) is 0 Å². The molecule has 112 valence electrons. The van der Waals surface area contributed by atoms with Crippen molar-refractivity contribution >= 4 is 57.5 Å². The first kappa shape index (κ1) is 15.5. The lowest BCUT2D eigenvalue weighted by Gasteiger charge is -2.06. The third-order valence-electron chi connectivity index (χ3n) is 2.94. The molecule has 22 heavy (non-hydrogen) atoms. The highest BCUT2D eigenvalue weighted by molar-refractivity contribution is 7.20. The molecular weight excluding hydrogens is 359 g/mol. The first-order valence-electron chi connectivity index (χ1n) is 6.31. The summed E-state index contributed by atoms with van der Waals surface area (Å²) in [5.74, 6) is -0.278. The smallest absolute Gasteiger partial charge is 0.258 e. The number of carbonyl (C=O) groups is 1. The molecule has 0 saturated carbocycles.